The second-order valence-electron chi connectivity index (χ2n) is 7.38. The molecule has 3 heterocycles. The molecular formula is C26H14Cl2N4OS. The van der Waals surface area contributed by atoms with Crippen molar-refractivity contribution < 1.29 is 4.79 Å². The van der Waals surface area contributed by atoms with Crippen LogP contribution in [0, 0.1) is 11.3 Å². The zero-order valence-electron chi connectivity index (χ0n) is 17.4. The predicted molar refractivity (Wildman–Crippen MR) is 137 cm³/mol. The number of anilines is 1. The summed E-state index contributed by atoms with van der Waals surface area (Å²) in [6, 6.07) is 20.2. The van der Waals surface area contributed by atoms with E-state index in [9.17, 15) is 10.1 Å². The van der Waals surface area contributed by atoms with Crippen LogP contribution in [-0.2, 0) is 0 Å². The highest BCUT2D eigenvalue weighted by Gasteiger charge is 2.16. The quantitative estimate of drug-likeness (QED) is 0.277. The monoisotopic (exact) mass is 500 g/mol. The molecule has 0 unspecified atom stereocenters. The van der Waals surface area contributed by atoms with Gasteiger partial charge in [-0.2, -0.15) is 5.26 Å². The molecule has 164 valence electrons. The minimum atomic E-state index is -0.313. The molecule has 0 aliphatic carbocycles. The van der Waals surface area contributed by atoms with Crippen LogP contribution < -0.4 is 5.32 Å². The summed E-state index contributed by atoms with van der Waals surface area (Å²) in [5.41, 5.74) is 4.87. The van der Waals surface area contributed by atoms with Gasteiger partial charge in [0.2, 0.25) is 0 Å². The molecule has 34 heavy (non-hydrogen) atoms. The van der Waals surface area contributed by atoms with E-state index < -0.39 is 0 Å². The van der Waals surface area contributed by atoms with E-state index in [0.29, 0.717) is 26.9 Å². The van der Waals surface area contributed by atoms with Crippen LogP contribution in [0.2, 0.25) is 10.0 Å². The molecule has 5 rings (SSSR count). The van der Waals surface area contributed by atoms with Crippen LogP contribution in [0.15, 0.2) is 79.3 Å². The van der Waals surface area contributed by atoms with Crippen molar-refractivity contribution in [1.82, 2.24) is 9.97 Å². The average Bonchev–Trinajstić information content (AvgIpc) is 3.30. The maximum Gasteiger partial charge on any atom is 0.255 e. The standard InChI is InChI=1S/C26H14Cl2N4OS/c27-20-5-4-17(11-21(20)28)26(33)32-19-3-1-2-16(10-19)24-18(13-29)14-31-22-12-23(34-25(22)24)15-6-8-30-9-7-15/h1-12,14H,(H,32,33). The van der Waals surface area contributed by atoms with Gasteiger partial charge in [-0.1, -0.05) is 35.3 Å². The van der Waals surface area contributed by atoms with E-state index in [1.807, 2.05) is 36.4 Å². The number of halogens is 2. The summed E-state index contributed by atoms with van der Waals surface area (Å²) in [5, 5.41) is 13.4. The Hall–Kier alpha value is -3.76. The summed E-state index contributed by atoms with van der Waals surface area (Å²) in [6.45, 7) is 0. The molecule has 5 nitrogen and oxygen atoms in total. The number of pyridine rings is 2. The Morgan fingerprint density at radius 1 is 0.971 bits per heavy atom. The highest BCUT2D eigenvalue weighted by atomic mass is 35.5. The topological polar surface area (TPSA) is 78.7 Å². The van der Waals surface area contributed by atoms with E-state index in [1.54, 1.807) is 48.1 Å². The van der Waals surface area contributed by atoms with Crippen molar-refractivity contribution in [2.45, 2.75) is 0 Å². The fourth-order valence-corrected chi connectivity index (χ4v) is 5.09. The number of nitrogens with one attached hydrogen (secondary N) is 1. The number of nitriles is 1. The van der Waals surface area contributed by atoms with Gasteiger partial charge < -0.3 is 5.32 Å². The maximum atomic E-state index is 12.7. The minimum absolute atomic E-state index is 0.309. The zero-order valence-corrected chi connectivity index (χ0v) is 19.7. The molecular weight excluding hydrogens is 487 g/mol. The van der Waals surface area contributed by atoms with Crippen LogP contribution in [0.1, 0.15) is 15.9 Å². The first-order valence-electron chi connectivity index (χ1n) is 10.1. The number of benzene rings is 2. The lowest BCUT2D eigenvalue weighted by atomic mass is 10.0. The third kappa shape index (κ3) is 4.25. The van der Waals surface area contributed by atoms with Gasteiger partial charge >= 0.3 is 0 Å². The molecule has 1 amide bonds. The third-order valence-corrected chi connectivity index (χ3v) is 7.15. The molecule has 0 aliphatic heterocycles. The highest BCUT2D eigenvalue weighted by Crippen LogP contribution is 2.40. The average molecular weight is 501 g/mol. The van der Waals surface area contributed by atoms with Gasteiger partial charge in [0.25, 0.3) is 5.91 Å². The Morgan fingerprint density at radius 3 is 2.56 bits per heavy atom. The number of hydrogen-bond donors (Lipinski definition) is 1. The SMILES string of the molecule is N#Cc1cnc2cc(-c3ccncc3)sc2c1-c1cccc(NC(=O)c2ccc(Cl)c(Cl)c2)c1. The smallest absolute Gasteiger partial charge is 0.255 e. The summed E-state index contributed by atoms with van der Waals surface area (Å²) in [6.07, 6.45) is 5.07. The number of fused-ring (bicyclic) bond motifs is 1. The van der Waals surface area contributed by atoms with E-state index in [2.05, 4.69) is 21.4 Å². The number of hydrogen-bond acceptors (Lipinski definition) is 5. The lowest BCUT2D eigenvalue weighted by Crippen LogP contribution is -2.11. The van der Waals surface area contributed by atoms with Crippen LogP contribution in [0.3, 0.4) is 0 Å². The predicted octanol–water partition coefficient (Wildman–Crippen LogP) is 7.46. The first kappa shape index (κ1) is 22.1. The number of aromatic nitrogens is 2. The summed E-state index contributed by atoms with van der Waals surface area (Å²) < 4.78 is 0.902. The van der Waals surface area contributed by atoms with Gasteiger partial charge in [-0.25, -0.2) is 0 Å². The van der Waals surface area contributed by atoms with E-state index in [1.165, 1.54) is 6.07 Å². The van der Waals surface area contributed by atoms with Gasteiger partial charge in [-0.3, -0.25) is 14.8 Å². The zero-order chi connectivity index (χ0) is 23.7. The summed E-state index contributed by atoms with van der Waals surface area (Å²) in [4.78, 5) is 22.3. The molecule has 0 atom stereocenters. The highest BCUT2D eigenvalue weighted by molar-refractivity contribution is 7.22. The Balaban J connectivity index is 1.55. The second kappa shape index (κ2) is 9.24. The third-order valence-electron chi connectivity index (χ3n) is 5.22. The van der Waals surface area contributed by atoms with Crippen LogP contribution in [0.5, 0.6) is 0 Å². The molecule has 0 saturated carbocycles. The largest absolute Gasteiger partial charge is 0.322 e. The number of carbonyl (C=O) groups excluding carboxylic acids is 1. The lowest BCUT2D eigenvalue weighted by Gasteiger charge is -2.10. The molecule has 0 spiro atoms. The Labute approximate surface area is 209 Å². The van der Waals surface area contributed by atoms with E-state index in [0.717, 1.165) is 31.8 Å². The maximum absolute atomic E-state index is 12.7. The Morgan fingerprint density at radius 2 is 1.79 bits per heavy atom. The van der Waals surface area contributed by atoms with Gasteiger partial charge in [0.15, 0.2) is 0 Å². The second-order valence-corrected chi connectivity index (χ2v) is 9.25. The number of rotatable bonds is 4. The summed E-state index contributed by atoms with van der Waals surface area (Å²) in [5.74, 6) is -0.313. The van der Waals surface area contributed by atoms with Gasteiger partial charge in [0.1, 0.15) is 6.07 Å². The van der Waals surface area contributed by atoms with E-state index >= 15 is 0 Å². The van der Waals surface area contributed by atoms with Crippen molar-refractivity contribution in [1.29, 1.82) is 5.26 Å². The lowest BCUT2D eigenvalue weighted by molar-refractivity contribution is 0.102. The van der Waals surface area contributed by atoms with Gasteiger partial charge in [0, 0.05) is 40.3 Å². The van der Waals surface area contributed by atoms with Crippen LogP contribution in [-0.4, -0.2) is 15.9 Å². The van der Waals surface area contributed by atoms with Gasteiger partial charge in [-0.15, -0.1) is 11.3 Å². The first-order valence-corrected chi connectivity index (χ1v) is 11.7. The van der Waals surface area contributed by atoms with Crippen molar-refractivity contribution in [3.05, 3.63) is 100 Å². The van der Waals surface area contributed by atoms with Crippen molar-refractivity contribution in [2.24, 2.45) is 0 Å². The van der Waals surface area contributed by atoms with Crippen LogP contribution in [0.4, 0.5) is 5.69 Å². The van der Waals surface area contributed by atoms with Crippen molar-refractivity contribution in [3.8, 4) is 27.6 Å². The number of amides is 1. The van der Waals surface area contributed by atoms with Crippen LogP contribution in [0.25, 0.3) is 31.8 Å². The molecule has 5 aromatic rings. The first-order chi connectivity index (χ1) is 16.5. The fourth-order valence-electron chi connectivity index (χ4n) is 3.60. The summed E-state index contributed by atoms with van der Waals surface area (Å²) in [7, 11) is 0. The van der Waals surface area contributed by atoms with Gasteiger partial charge in [-0.05, 0) is 59.7 Å². The van der Waals surface area contributed by atoms with Crippen molar-refractivity contribution in [3.63, 3.8) is 0 Å². The van der Waals surface area contributed by atoms with Gasteiger partial charge in [0.05, 0.1) is 25.8 Å². The normalized spacial score (nSPS) is 10.7. The van der Waals surface area contributed by atoms with Crippen LogP contribution >= 0.6 is 34.5 Å². The molecule has 0 fully saturated rings. The number of thiophene rings is 1. The van der Waals surface area contributed by atoms with E-state index in [-0.39, 0.29) is 5.91 Å². The Bertz CT molecular complexity index is 1590. The Kier molecular flexibility index (Phi) is 5.99. The van der Waals surface area contributed by atoms with E-state index in [4.69, 9.17) is 23.2 Å². The fraction of sp³-hybridized carbons (Fsp3) is 0. The molecule has 3 aromatic heterocycles. The molecule has 0 saturated heterocycles. The molecule has 8 heteroatoms. The molecule has 1 N–H and O–H groups in total. The van der Waals surface area contributed by atoms with Crippen molar-refractivity contribution in [2.75, 3.05) is 5.32 Å². The molecule has 2 aromatic carbocycles. The van der Waals surface area contributed by atoms with Crippen molar-refractivity contribution >= 4 is 56.3 Å². The minimum Gasteiger partial charge on any atom is -0.322 e. The molecule has 0 bridgehead atoms. The number of nitrogens with zero attached hydrogens (tertiary/aromatic N) is 3. The molecule has 0 radical (unpaired) electrons. The summed E-state index contributed by atoms with van der Waals surface area (Å²) >= 11 is 13.6. The molecule has 0 aliphatic rings. The number of carbonyl (C=O) groups is 1.